The van der Waals surface area contributed by atoms with Gasteiger partial charge in [0, 0.05) is 6.54 Å². The summed E-state index contributed by atoms with van der Waals surface area (Å²) in [5.74, 6) is -0.764. The highest BCUT2D eigenvalue weighted by atomic mass is 32.2. The second-order valence-electron chi connectivity index (χ2n) is 4.07. The van der Waals surface area contributed by atoms with E-state index in [1.54, 1.807) is 0 Å². The number of para-hydroxylation sites is 1. The van der Waals surface area contributed by atoms with Gasteiger partial charge in [-0.2, -0.15) is 0 Å². The maximum absolute atomic E-state index is 13.2. The molecule has 6 nitrogen and oxygen atoms in total. The Morgan fingerprint density at radius 3 is 2.89 bits per heavy atom. The number of hydrogen-bond donors (Lipinski definition) is 2. The van der Waals surface area contributed by atoms with Crippen molar-refractivity contribution in [3.05, 3.63) is 24.0 Å². The molecule has 1 aliphatic heterocycles. The minimum Gasteiger partial charge on any atom is -0.395 e. The Kier molecular flexibility index (Phi) is 4.35. The van der Waals surface area contributed by atoms with Crippen LogP contribution in [0, 0.1) is 5.82 Å². The van der Waals surface area contributed by atoms with Crippen LogP contribution in [0.5, 0.6) is 0 Å². The first-order valence-electron chi connectivity index (χ1n) is 5.74. The molecule has 3 N–H and O–H groups in total. The molecule has 106 valence electrons. The fraction of sp³-hybridized carbons (Fsp3) is 0.455. The van der Waals surface area contributed by atoms with Gasteiger partial charge in [-0.3, -0.25) is 0 Å². The van der Waals surface area contributed by atoms with Gasteiger partial charge in [-0.05, 0) is 12.1 Å². The van der Waals surface area contributed by atoms with Gasteiger partial charge in [0.25, 0.3) is 0 Å². The van der Waals surface area contributed by atoms with Gasteiger partial charge in [-0.15, -0.1) is 0 Å². The number of rotatable bonds is 4. The molecule has 2 rings (SSSR count). The van der Waals surface area contributed by atoms with Crippen molar-refractivity contribution in [2.24, 2.45) is 0 Å². The number of sulfonamides is 1. The fourth-order valence-electron chi connectivity index (χ4n) is 1.69. The highest BCUT2D eigenvalue weighted by molar-refractivity contribution is 7.89. The number of anilines is 1. The van der Waals surface area contributed by atoms with Gasteiger partial charge in [0.1, 0.15) is 10.7 Å². The van der Waals surface area contributed by atoms with Crippen molar-refractivity contribution in [3.8, 4) is 0 Å². The van der Waals surface area contributed by atoms with Crippen molar-refractivity contribution in [1.29, 1.82) is 0 Å². The Balaban J connectivity index is 2.07. The van der Waals surface area contributed by atoms with Gasteiger partial charge in [-0.1, -0.05) is 6.07 Å². The first-order chi connectivity index (χ1) is 9.00. The van der Waals surface area contributed by atoms with Gasteiger partial charge in [0.05, 0.1) is 31.6 Å². The molecule has 1 atom stereocenters. The van der Waals surface area contributed by atoms with E-state index in [4.69, 9.17) is 15.2 Å². The van der Waals surface area contributed by atoms with Gasteiger partial charge < -0.3 is 15.2 Å². The van der Waals surface area contributed by atoms with E-state index in [0.717, 1.165) is 6.07 Å². The summed E-state index contributed by atoms with van der Waals surface area (Å²) in [4.78, 5) is -0.274. The predicted molar refractivity (Wildman–Crippen MR) is 66.6 cm³/mol. The van der Waals surface area contributed by atoms with Crippen LogP contribution in [-0.2, 0) is 19.5 Å². The van der Waals surface area contributed by atoms with Crippen LogP contribution in [0.1, 0.15) is 0 Å². The van der Waals surface area contributed by atoms with Crippen molar-refractivity contribution in [3.63, 3.8) is 0 Å². The molecule has 0 radical (unpaired) electrons. The largest absolute Gasteiger partial charge is 0.395 e. The smallest absolute Gasteiger partial charge is 0.242 e. The molecule has 8 heteroatoms. The molecule has 1 unspecified atom stereocenters. The van der Waals surface area contributed by atoms with E-state index in [9.17, 15) is 12.8 Å². The number of hydrogen-bond acceptors (Lipinski definition) is 5. The SMILES string of the molecule is Nc1c(F)cccc1S(=O)(=O)NCC1COCCO1. The first kappa shape index (κ1) is 14.2. The van der Waals surface area contributed by atoms with E-state index in [0.29, 0.717) is 19.8 Å². The van der Waals surface area contributed by atoms with E-state index >= 15 is 0 Å². The van der Waals surface area contributed by atoms with E-state index in [1.165, 1.54) is 12.1 Å². The average Bonchev–Trinajstić information content (AvgIpc) is 2.41. The van der Waals surface area contributed by atoms with Crippen molar-refractivity contribution < 1.29 is 22.3 Å². The van der Waals surface area contributed by atoms with Crippen LogP contribution in [0.4, 0.5) is 10.1 Å². The summed E-state index contributed by atoms with van der Waals surface area (Å²) in [6.07, 6.45) is -0.349. The summed E-state index contributed by atoms with van der Waals surface area (Å²) >= 11 is 0. The lowest BCUT2D eigenvalue weighted by molar-refractivity contribution is -0.0846. The van der Waals surface area contributed by atoms with E-state index in [1.807, 2.05) is 0 Å². The molecule has 0 spiro atoms. The highest BCUT2D eigenvalue weighted by Gasteiger charge is 2.22. The van der Waals surface area contributed by atoms with Crippen LogP contribution >= 0.6 is 0 Å². The molecule has 1 aliphatic rings. The number of nitrogen functional groups attached to an aromatic ring is 1. The molecule has 0 saturated carbocycles. The van der Waals surface area contributed by atoms with Gasteiger partial charge in [0.2, 0.25) is 10.0 Å². The van der Waals surface area contributed by atoms with Crippen LogP contribution < -0.4 is 10.5 Å². The average molecular weight is 290 g/mol. The van der Waals surface area contributed by atoms with Crippen molar-refractivity contribution in [2.75, 3.05) is 32.1 Å². The van der Waals surface area contributed by atoms with E-state index < -0.39 is 21.5 Å². The van der Waals surface area contributed by atoms with E-state index in [-0.39, 0.29) is 17.5 Å². The summed E-state index contributed by atoms with van der Waals surface area (Å²) < 4.78 is 50.0. The lowest BCUT2D eigenvalue weighted by atomic mass is 10.3. The molecule has 1 fully saturated rings. The molecule has 1 saturated heterocycles. The van der Waals surface area contributed by atoms with E-state index in [2.05, 4.69) is 4.72 Å². The third-order valence-electron chi connectivity index (χ3n) is 2.69. The van der Waals surface area contributed by atoms with Gasteiger partial charge >= 0.3 is 0 Å². The number of nitrogens with one attached hydrogen (secondary N) is 1. The van der Waals surface area contributed by atoms with Gasteiger partial charge in [-0.25, -0.2) is 17.5 Å². The zero-order valence-electron chi connectivity index (χ0n) is 10.1. The molecule has 1 aromatic carbocycles. The number of ether oxygens (including phenoxy) is 2. The van der Waals surface area contributed by atoms with Crippen LogP contribution in [0.2, 0.25) is 0 Å². The lowest BCUT2D eigenvalue weighted by Gasteiger charge is -2.23. The Morgan fingerprint density at radius 1 is 1.42 bits per heavy atom. The van der Waals surface area contributed by atoms with Crippen LogP contribution in [0.25, 0.3) is 0 Å². The number of halogens is 1. The molecule has 0 bridgehead atoms. The van der Waals surface area contributed by atoms with Crippen molar-refractivity contribution in [1.82, 2.24) is 4.72 Å². The summed E-state index contributed by atoms with van der Waals surface area (Å²) in [5.41, 5.74) is 5.03. The third kappa shape index (κ3) is 3.41. The number of benzene rings is 1. The predicted octanol–water partition coefficient (Wildman–Crippen LogP) is 0.102. The van der Waals surface area contributed by atoms with Crippen molar-refractivity contribution in [2.45, 2.75) is 11.0 Å². The number of nitrogens with two attached hydrogens (primary N) is 1. The minimum absolute atomic E-state index is 0.0539. The Bertz CT molecular complexity index is 544. The zero-order valence-corrected chi connectivity index (χ0v) is 11.0. The monoisotopic (exact) mass is 290 g/mol. The summed E-state index contributed by atoms with van der Waals surface area (Å²) in [5, 5.41) is 0. The Morgan fingerprint density at radius 2 is 2.21 bits per heavy atom. The molecule has 19 heavy (non-hydrogen) atoms. The topological polar surface area (TPSA) is 90.7 Å². The quantitative estimate of drug-likeness (QED) is 0.768. The van der Waals surface area contributed by atoms with Gasteiger partial charge in [0.15, 0.2) is 0 Å². The standard InChI is InChI=1S/C11H15FN2O4S/c12-9-2-1-3-10(11(9)13)19(15,16)14-6-8-7-17-4-5-18-8/h1-3,8,14H,4-7,13H2. The second-order valence-corrected chi connectivity index (χ2v) is 5.81. The third-order valence-corrected chi connectivity index (χ3v) is 4.17. The maximum Gasteiger partial charge on any atom is 0.242 e. The zero-order chi connectivity index (χ0) is 13.9. The molecular weight excluding hydrogens is 275 g/mol. The normalized spacial score (nSPS) is 20.4. The van der Waals surface area contributed by atoms with Crippen LogP contribution in [0.3, 0.4) is 0 Å². The fourth-order valence-corrected chi connectivity index (χ4v) is 2.89. The molecule has 1 heterocycles. The Hall–Kier alpha value is -1.22. The minimum atomic E-state index is -3.86. The van der Waals surface area contributed by atoms with Crippen LogP contribution in [-0.4, -0.2) is 40.9 Å². The lowest BCUT2D eigenvalue weighted by Crippen LogP contribution is -2.39. The van der Waals surface area contributed by atoms with Crippen molar-refractivity contribution >= 4 is 15.7 Å². The summed E-state index contributed by atoms with van der Waals surface area (Å²) in [6.45, 7) is 1.30. The molecular formula is C11H15FN2O4S. The Labute approximate surface area is 110 Å². The maximum atomic E-state index is 13.2. The highest BCUT2D eigenvalue weighted by Crippen LogP contribution is 2.20. The summed E-state index contributed by atoms with van der Waals surface area (Å²) in [6, 6.07) is 3.64. The molecule has 0 aliphatic carbocycles. The molecule has 1 aromatic rings. The van der Waals surface area contributed by atoms with Crippen LogP contribution in [0.15, 0.2) is 23.1 Å². The first-order valence-corrected chi connectivity index (χ1v) is 7.22. The molecule has 0 amide bonds. The molecule has 0 aromatic heterocycles. The second kappa shape index (κ2) is 5.83. The summed E-state index contributed by atoms with van der Waals surface area (Å²) in [7, 11) is -3.86.